The third-order valence-electron chi connectivity index (χ3n) is 5.18. The summed E-state index contributed by atoms with van der Waals surface area (Å²) < 4.78 is 2.53. The Balaban J connectivity index is 1.77. The van der Waals surface area contributed by atoms with Gasteiger partial charge in [-0.15, -0.1) is 11.3 Å². The van der Waals surface area contributed by atoms with Gasteiger partial charge in [-0.3, -0.25) is 0 Å². The lowest BCUT2D eigenvalue weighted by Crippen LogP contribution is -1.93. The minimum absolute atomic E-state index is 0.487. The third-order valence-corrected chi connectivity index (χ3v) is 6.59. The van der Waals surface area contributed by atoms with Gasteiger partial charge in [0.2, 0.25) is 0 Å². The summed E-state index contributed by atoms with van der Waals surface area (Å²) in [5.41, 5.74) is 1.88. The highest BCUT2D eigenvalue weighted by atomic mass is 35.5. The maximum atomic E-state index is 6.50. The van der Waals surface area contributed by atoms with Gasteiger partial charge >= 0.3 is 0 Å². The number of halogens is 1. The van der Waals surface area contributed by atoms with Gasteiger partial charge in [0, 0.05) is 31.1 Å². The molecule has 0 saturated heterocycles. The van der Waals surface area contributed by atoms with Gasteiger partial charge in [0.15, 0.2) is 5.82 Å². The maximum Gasteiger partial charge on any atom is 0.162 e. The number of thiophene rings is 1. The van der Waals surface area contributed by atoms with Crippen LogP contribution in [0.3, 0.4) is 0 Å². The van der Waals surface area contributed by atoms with E-state index in [-0.39, 0.29) is 0 Å². The highest BCUT2D eigenvalue weighted by Crippen LogP contribution is 2.42. The Kier molecular flexibility index (Phi) is 3.42. The molecule has 0 radical (unpaired) electrons. The Labute approximate surface area is 170 Å². The number of aromatic nitrogens is 2. The summed E-state index contributed by atoms with van der Waals surface area (Å²) in [5, 5.41) is 6.32. The molecule has 0 aliphatic rings. The molecule has 2 aromatic heterocycles. The average Bonchev–Trinajstić information content (AvgIpc) is 3.12. The van der Waals surface area contributed by atoms with E-state index >= 15 is 0 Å². The van der Waals surface area contributed by atoms with E-state index in [2.05, 4.69) is 59.6 Å². The van der Waals surface area contributed by atoms with E-state index in [0.29, 0.717) is 11.0 Å². The van der Waals surface area contributed by atoms with Crippen LogP contribution in [0.1, 0.15) is 0 Å². The molecular formula is C24H13ClN2S. The number of para-hydroxylation sites is 1. The molecule has 0 atom stereocenters. The first-order valence-corrected chi connectivity index (χ1v) is 10.2. The molecule has 132 valence electrons. The van der Waals surface area contributed by atoms with Gasteiger partial charge in [-0.2, -0.15) is 0 Å². The van der Waals surface area contributed by atoms with Crippen molar-refractivity contribution in [1.82, 2.24) is 9.97 Å². The smallest absolute Gasteiger partial charge is 0.162 e. The zero-order chi connectivity index (χ0) is 18.7. The van der Waals surface area contributed by atoms with Gasteiger partial charge in [-0.25, -0.2) is 9.97 Å². The van der Waals surface area contributed by atoms with E-state index in [0.717, 1.165) is 21.9 Å². The number of rotatable bonds is 1. The van der Waals surface area contributed by atoms with Crippen LogP contribution in [0.5, 0.6) is 0 Å². The van der Waals surface area contributed by atoms with Gasteiger partial charge in [0.05, 0.1) is 5.52 Å². The van der Waals surface area contributed by atoms with Crippen molar-refractivity contribution in [2.24, 2.45) is 0 Å². The fraction of sp³-hybridized carbons (Fsp3) is 0. The molecule has 0 saturated carbocycles. The minimum Gasteiger partial charge on any atom is -0.228 e. The van der Waals surface area contributed by atoms with Crippen LogP contribution < -0.4 is 0 Å². The molecule has 4 heteroatoms. The molecule has 28 heavy (non-hydrogen) atoms. The van der Waals surface area contributed by atoms with E-state index in [1.807, 2.05) is 24.3 Å². The van der Waals surface area contributed by atoms with E-state index in [4.69, 9.17) is 16.6 Å². The van der Waals surface area contributed by atoms with Crippen molar-refractivity contribution in [2.45, 2.75) is 0 Å². The Hall–Kier alpha value is -3.01. The molecule has 6 aromatic rings. The normalized spacial score (nSPS) is 11.8. The summed E-state index contributed by atoms with van der Waals surface area (Å²) in [6, 6.07) is 27.1. The summed E-state index contributed by atoms with van der Waals surface area (Å²) in [7, 11) is 0. The lowest BCUT2D eigenvalue weighted by atomic mass is 9.99. The quantitative estimate of drug-likeness (QED) is 0.269. The first kappa shape index (κ1) is 16.0. The van der Waals surface area contributed by atoms with Crippen molar-refractivity contribution < 1.29 is 0 Å². The predicted molar refractivity (Wildman–Crippen MR) is 120 cm³/mol. The molecule has 0 bridgehead atoms. The molecule has 2 nitrogen and oxygen atoms in total. The highest BCUT2D eigenvalue weighted by molar-refractivity contribution is 7.26. The Bertz CT molecular complexity index is 1530. The van der Waals surface area contributed by atoms with Crippen LogP contribution in [0.15, 0.2) is 78.9 Å². The Morgan fingerprint density at radius 3 is 2.18 bits per heavy atom. The SMILES string of the molecule is Clc1nc(-c2cc3sc4ccccc4c3c3ccccc23)nc2ccccc12. The Morgan fingerprint density at radius 2 is 1.32 bits per heavy atom. The van der Waals surface area contributed by atoms with Crippen LogP contribution in [-0.4, -0.2) is 9.97 Å². The van der Waals surface area contributed by atoms with Gasteiger partial charge in [-0.1, -0.05) is 66.2 Å². The molecule has 0 aliphatic heterocycles. The number of fused-ring (bicyclic) bond motifs is 6. The summed E-state index contributed by atoms with van der Waals surface area (Å²) in [5.74, 6) is 0.666. The summed E-state index contributed by atoms with van der Waals surface area (Å²) in [6.45, 7) is 0. The topological polar surface area (TPSA) is 25.8 Å². The molecule has 4 aromatic carbocycles. The minimum atomic E-state index is 0.487. The number of hydrogen-bond acceptors (Lipinski definition) is 3. The second kappa shape index (κ2) is 5.99. The fourth-order valence-corrected chi connectivity index (χ4v) is 5.33. The van der Waals surface area contributed by atoms with Crippen LogP contribution in [0.25, 0.3) is 53.2 Å². The summed E-state index contributed by atoms with van der Waals surface area (Å²) in [4.78, 5) is 9.47. The van der Waals surface area contributed by atoms with Crippen LogP contribution >= 0.6 is 22.9 Å². The first-order valence-electron chi connectivity index (χ1n) is 9.05. The van der Waals surface area contributed by atoms with Crippen molar-refractivity contribution in [3.05, 3.63) is 84.0 Å². The molecule has 6 rings (SSSR count). The summed E-state index contributed by atoms with van der Waals surface area (Å²) >= 11 is 8.30. The van der Waals surface area contributed by atoms with E-state index in [1.54, 1.807) is 11.3 Å². The number of hydrogen-bond donors (Lipinski definition) is 0. The van der Waals surface area contributed by atoms with E-state index in [9.17, 15) is 0 Å². The molecule has 0 N–H and O–H groups in total. The molecule has 0 unspecified atom stereocenters. The molecular weight excluding hydrogens is 384 g/mol. The Morgan fingerprint density at radius 1 is 0.643 bits per heavy atom. The lowest BCUT2D eigenvalue weighted by molar-refractivity contribution is 1.23. The summed E-state index contributed by atoms with van der Waals surface area (Å²) in [6.07, 6.45) is 0. The molecule has 0 fully saturated rings. The average molecular weight is 397 g/mol. The molecule has 0 aliphatic carbocycles. The lowest BCUT2D eigenvalue weighted by Gasteiger charge is -2.09. The standard InChI is InChI=1S/C24H13ClN2S/c25-23-16-9-3-5-11-19(16)26-24(27-23)18-13-21-22(15-8-2-1-7-14(15)18)17-10-4-6-12-20(17)28-21/h1-13H. The van der Waals surface area contributed by atoms with Gasteiger partial charge in [0.1, 0.15) is 5.15 Å². The third kappa shape index (κ3) is 2.27. The van der Waals surface area contributed by atoms with E-state index in [1.165, 1.54) is 25.6 Å². The zero-order valence-corrected chi connectivity index (χ0v) is 16.3. The van der Waals surface area contributed by atoms with Crippen molar-refractivity contribution in [1.29, 1.82) is 0 Å². The first-order chi connectivity index (χ1) is 13.8. The number of benzene rings is 4. The van der Waals surface area contributed by atoms with Gasteiger partial charge in [-0.05, 0) is 35.0 Å². The van der Waals surface area contributed by atoms with Crippen LogP contribution in [0.4, 0.5) is 0 Å². The predicted octanol–water partition coefficient (Wildman–Crippen LogP) is 7.47. The van der Waals surface area contributed by atoms with Crippen molar-refractivity contribution in [3.8, 4) is 11.4 Å². The fourth-order valence-electron chi connectivity index (χ4n) is 3.93. The maximum absolute atomic E-state index is 6.50. The van der Waals surface area contributed by atoms with Gasteiger partial charge < -0.3 is 0 Å². The van der Waals surface area contributed by atoms with Crippen molar-refractivity contribution in [3.63, 3.8) is 0 Å². The molecule has 2 heterocycles. The van der Waals surface area contributed by atoms with Crippen LogP contribution in [0, 0.1) is 0 Å². The second-order valence-electron chi connectivity index (χ2n) is 6.80. The van der Waals surface area contributed by atoms with Crippen molar-refractivity contribution in [2.75, 3.05) is 0 Å². The zero-order valence-electron chi connectivity index (χ0n) is 14.7. The number of nitrogens with zero attached hydrogens (tertiary/aromatic N) is 2. The molecule has 0 spiro atoms. The highest BCUT2D eigenvalue weighted by Gasteiger charge is 2.16. The van der Waals surface area contributed by atoms with Crippen LogP contribution in [-0.2, 0) is 0 Å². The van der Waals surface area contributed by atoms with Crippen molar-refractivity contribution >= 4 is 64.8 Å². The van der Waals surface area contributed by atoms with Gasteiger partial charge in [0.25, 0.3) is 0 Å². The molecule has 0 amide bonds. The monoisotopic (exact) mass is 396 g/mol. The largest absolute Gasteiger partial charge is 0.228 e. The van der Waals surface area contributed by atoms with E-state index < -0.39 is 0 Å². The second-order valence-corrected chi connectivity index (χ2v) is 8.24. The van der Waals surface area contributed by atoms with Crippen LogP contribution in [0.2, 0.25) is 5.15 Å².